The van der Waals surface area contributed by atoms with E-state index in [-0.39, 0.29) is 6.04 Å². The second kappa shape index (κ2) is 7.98. The van der Waals surface area contributed by atoms with E-state index in [1.807, 2.05) is 19.1 Å². The highest BCUT2D eigenvalue weighted by Gasteiger charge is 2.43. The highest BCUT2D eigenvalue weighted by Crippen LogP contribution is 2.31. The molecule has 24 heavy (non-hydrogen) atoms. The van der Waals surface area contributed by atoms with Crippen molar-refractivity contribution < 1.29 is 8.42 Å². The molecule has 0 bridgehead atoms. The van der Waals surface area contributed by atoms with Gasteiger partial charge < -0.3 is 0 Å². The van der Waals surface area contributed by atoms with Crippen LogP contribution in [-0.4, -0.2) is 33.4 Å². The van der Waals surface area contributed by atoms with Gasteiger partial charge in [-0.15, -0.1) is 0 Å². The van der Waals surface area contributed by atoms with E-state index < -0.39 is 18.1 Å². The number of aryl methyl sites for hydroxylation is 1. The summed E-state index contributed by atoms with van der Waals surface area (Å²) in [5.41, 5.74) is 1.08. The minimum Gasteiger partial charge on any atom is -0.207 e. The molecule has 1 aliphatic rings. The van der Waals surface area contributed by atoms with Crippen molar-refractivity contribution in [2.75, 3.05) is 6.54 Å². The number of rotatable bonds is 9. The van der Waals surface area contributed by atoms with Crippen LogP contribution in [0.15, 0.2) is 41.3 Å². The van der Waals surface area contributed by atoms with Gasteiger partial charge in [-0.25, -0.2) is 8.42 Å². The molecule has 0 spiro atoms. The lowest BCUT2D eigenvalue weighted by molar-refractivity contribution is 0.541. The van der Waals surface area contributed by atoms with E-state index in [9.17, 15) is 8.42 Å². The minimum absolute atomic E-state index is 0.210. The van der Waals surface area contributed by atoms with E-state index in [0.29, 0.717) is 11.4 Å². The van der Waals surface area contributed by atoms with Crippen LogP contribution in [0.5, 0.6) is 0 Å². The molecule has 1 fully saturated rings. The summed E-state index contributed by atoms with van der Waals surface area (Å²) in [5, 5.41) is 0. The SMILES string of the molecule is Cc1ccc(S(=O)(=O)N2CC2CCCC/C=C/C[Si](C)(C)C)cc1. The van der Waals surface area contributed by atoms with Crippen molar-refractivity contribution in [3.05, 3.63) is 42.0 Å². The van der Waals surface area contributed by atoms with Crippen LogP contribution in [-0.2, 0) is 10.0 Å². The van der Waals surface area contributed by atoms with Crippen LogP contribution in [0.1, 0.15) is 31.2 Å². The fraction of sp³-hybridized carbons (Fsp3) is 0.579. The van der Waals surface area contributed by atoms with Gasteiger partial charge in [0, 0.05) is 20.7 Å². The topological polar surface area (TPSA) is 37.1 Å². The largest absolute Gasteiger partial charge is 0.243 e. The highest BCUT2D eigenvalue weighted by atomic mass is 32.2. The number of unbranched alkanes of at least 4 members (excludes halogenated alkanes) is 2. The molecular weight excluding hydrogens is 334 g/mol. The molecule has 1 aliphatic heterocycles. The average molecular weight is 366 g/mol. The van der Waals surface area contributed by atoms with Gasteiger partial charge in [0.05, 0.1) is 4.90 Å². The third-order valence-corrected chi connectivity index (χ3v) is 7.74. The Hall–Kier alpha value is -0.913. The molecule has 134 valence electrons. The maximum atomic E-state index is 12.5. The van der Waals surface area contributed by atoms with Crippen LogP contribution in [0.2, 0.25) is 25.7 Å². The van der Waals surface area contributed by atoms with Crippen molar-refractivity contribution in [3.63, 3.8) is 0 Å². The molecule has 0 aliphatic carbocycles. The Morgan fingerprint density at radius 2 is 1.79 bits per heavy atom. The predicted molar refractivity (Wildman–Crippen MR) is 105 cm³/mol. The molecule has 1 aromatic rings. The van der Waals surface area contributed by atoms with Gasteiger partial charge in [0.15, 0.2) is 0 Å². The van der Waals surface area contributed by atoms with E-state index in [4.69, 9.17) is 0 Å². The van der Waals surface area contributed by atoms with E-state index in [1.54, 1.807) is 16.4 Å². The molecule has 5 heteroatoms. The summed E-state index contributed by atoms with van der Waals surface area (Å²) < 4.78 is 26.6. The van der Waals surface area contributed by atoms with Gasteiger partial charge in [-0.1, -0.05) is 55.9 Å². The fourth-order valence-corrected chi connectivity index (χ4v) is 5.22. The van der Waals surface area contributed by atoms with Crippen molar-refractivity contribution in [2.24, 2.45) is 0 Å². The van der Waals surface area contributed by atoms with Crippen molar-refractivity contribution in [1.29, 1.82) is 0 Å². The van der Waals surface area contributed by atoms with Crippen molar-refractivity contribution >= 4 is 18.1 Å². The second-order valence-electron chi connectivity index (χ2n) is 8.06. The molecular formula is C19H31NO2SSi. The maximum absolute atomic E-state index is 12.5. The zero-order valence-corrected chi connectivity index (χ0v) is 17.3. The fourth-order valence-electron chi connectivity index (χ4n) is 2.73. The lowest BCUT2D eigenvalue weighted by Crippen LogP contribution is -2.17. The Bertz CT molecular complexity index is 660. The standard InChI is InChI=1S/C19H31NO2SSi/c1-17-11-13-19(14-12-17)23(21,22)20-16-18(20)10-8-6-5-7-9-15-24(2,3)4/h7,9,11-14,18H,5-6,8,10,15-16H2,1-4H3/b9-7+. The summed E-state index contributed by atoms with van der Waals surface area (Å²) in [5.74, 6) is 0. The molecule has 0 radical (unpaired) electrons. The second-order valence-corrected chi connectivity index (χ2v) is 15.5. The van der Waals surface area contributed by atoms with E-state index in [0.717, 1.165) is 31.2 Å². The molecule has 0 N–H and O–H groups in total. The minimum atomic E-state index is -3.28. The molecule has 1 heterocycles. The molecule has 0 saturated carbocycles. The number of hydrogen-bond donors (Lipinski definition) is 0. The Balaban J connectivity index is 1.69. The third-order valence-electron chi connectivity index (χ3n) is 4.35. The molecule has 2 atom stereocenters. The quantitative estimate of drug-likeness (QED) is 0.272. The molecule has 0 amide bonds. The number of allylic oxidation sites excluding steroid dienone is 2. The van der Waals surface area contributed by atoms with E-state index >= 15 is 0 Å². The number of nitrogens with zero attached hydrogens (tertiary/aromatic N) is 1. The van der Waals surface area contributed by atoms with Crippen LogP contribution in [0.25, 0.3) is 0 Å². The normalized spacial score (nSPS) is 21.3. The zero-order valence-electron chi connectivity index (χ0n) is 15.5. The highest BCUT2D eigenvalue weighted by molar-refractivity contribution is 7.89. The van der Waals surface area contributed by atoms with Gasteiger partial charge in [-0.3, -0.25) is 0 Å². The van der Waals surface area contributed by atoms with Crippen LogP contribution in [0.3, 0.4) is 0 Å². The van der Waals surface area contributed by atoms with Crippen molar-refractivity contribution in [3.8, 4) is 0 Å². The van der Waals surface area contributed by atoms with Gasteiger partial charge in [-0.05, 0) is 44.4 Å². The summed E-state index contributed by atoms with van der Waals surface area (Å²) in [4.78, 5) is 0.421. The summed E-state index contributed by atoms with van der Waals surface area (Å²) in [6.45, 7) is 9.80. The van der Waals surface area contributed by atoms with Crippen molar-refractivity contribution in [1.82, 2.24) is 4.31 Å². The Labute approximate surface area is 148 Å². The zero-order chi connectivity index (χ0) is 17.8. The van der Waals surface area contributed by atoms with E-state index in [2.05, 4.69) is 31.8 Å². The van der Waals surface area contributed by atoms with Crippen LogP contribution < -0.4 is 0 Å². The lowest BCUT2D eigenvalue weighted by Gasteiger charge is -2.11. The molecule has 2 unspecified atom stereocenters. The van der Waals surface area contributed by atoms with Crippen LogP contribution >= 0.6 is 0 Å². The van der Waals surface area contributed by atoms with E-state index in [1.165, 1.54) is 6.04 Å². The van der Waals surface area contributed by atoms with Crippen LogP contribution in [0.4, 0.5) is 0 Å². The van der Waals surface area contributed by atoms with Gasteiger partial charge >= 0.3 is 0 Å². The van der Waals surface area contributed by atoms with Crippen molar-refractivity contribution in [2.45, 2.75) is 69.2 Å². The number of hydrogen-bond acceptors (Lipinski definition) is 2. The van der Waals surface area contributed by atoms with Gasteiger partial charge in [0.1, 0.15) is 0 Å². The lowest BCUT2D eigenvalue weighted by atomic mass is 10.1. The smallest absolute Gasteiger partial charge is 0.207 e. The maximum Gasteiger partial charge on any atom is 0.243 e. The Morgan fingerprint density at radius 3 is 2.42 bits per heavy atom. The third kappa shape index (κ3) is 5.87. The average Bonchev–Trinajstić information content (AvgIpc) is 3.26. The number of sulfonamides is 1. The Kier molecular flexibility index (Phi) is 6.45. The van der Waals surface area contributed by atoms with Crippen LogP contribution in [0, 0.1) is 6.92 Å². The molecule has 3 nitrogen and oxygen atoms in total. The predicted octanol–water partition coefficient (Wildman–Crippen LogP) is 4.82. The molecule has 0 aromatic heterocycles. The summed E-state index contributed by atoms with van der Waals surface area (Å²) in [7, 11) is -4.24. The first-order valence-corrected chi connectivity index (χ1v) is 14.1. The summed E-state index contributed by atoms with van der Waals surface area (Å²) >= 11 is 0. The molecule has 1 saturated heterocycles. The first-order chi connectivity index (χ1) is 11.2. The van der Waals surface area contributed by atoms with Gasteiger partial charge in [0.2, 0.25) is 10.0 Å². The molecule has 2 rings (SSSR count). The summed E-state index contributed by atoms with van der Waals surface area (Å²) in [6.07, 6.45) is 8.97. The summed E-state index contributed by atoms with van der Waals surface area (Å²) in [6, 6.07) is 8.60. The number of benzene rings is 1. The Morgan fingerprint density at radius 1 is 1.12 bits per heavy atom. The monoisotopic (exact) mass is 365 g/mol. The van der Waals surface area contributed by atoms with Gasteiger partial charge in [0.25, 0.3) is 0 Å². The van der Waals surface area contributed by atoms with Gasteiger partial charge in [-0.2, -0.15) is 4.31 Å². The molecule has 1 aromatic carbocycles. The first kappa shape index (κ1) is 19.4. The first-order valence-electron chi connectivity index (χ1n) is 8.94.